The van der Waals surface area contributed by atoms with Crippen molar-refractivity contribution in [3.8, 4) is 22.5 Å². The molecule has 2 heterocycles. The Balaban J connectivity index is 1.55. The molecule has 34 heavy (non-hydrogen) atoms. The highest BCUT2D eigenvalue weighted by molar-refractivity contribution is 5.87. The molecular weight excluding hydrogens is 430 g/mol. The number of carboxylic acid groups (broad SMARTS) is 1. The largest absolute Gasteiger partial charge is 0.481 e. The van der Waals surface area contributed by atoms with Gasteiger partial charge in [-0.25, -0.2) is 4.98 Å². The standard InChI is InChI=1S/C25H31N7O2/c1-31(2)17-23-26-21-16-18(19-10-7-8-11-20(19)25-27-29-30-28-25)13-14-22(21)32(23)15-9-5-3-4-6-12-24(33)34/h7-8,10-11,13-14,16H,3-6,9,12,15,17H2,1-2H3,(H,33,34)(H,27,28,29,30). The lowest BCUT2D eigenvalue weighted by atomic mass is 9.99. The average Bonchev–Trinajstić information content (AvgIpc) is 3.46. The summed E-state index contributed by atoms with van der Waals surface area (Å²) < 4.78 is 2.32. The van der Waals surface area contributed by atoms with E-state index in [0.717, 1.165) is 78.7 Å². The van der Waals surface area contributed by atoms with Crippen LogP contribution in [0.4, 0.5) is 0 Å². The van der Waals surface area contributed by atoms with Gasteiger partial charge in [0.1, 0.15) is 5.82 Å². The Morgan fingerprint density at radius 2 is 1.79 bits per heavy atom. The highest BCUT2D eigenvalue weighted by Crippen LogP contribution is 2.32. The van der Waals surface area contributed by atoms with Gasteiger partial charge in [-0.05, 0) is 55.4 Å². The summed E-state index contributed by atoms with van der Waals surface area (Å²) in [7, 11) is 4.11. The van der Waals surface area contributed by atoms with E-state index in [1.165, 1.54) is 0 Å². The number of unbranched alkanes of at least 4 members (excludes halogenated alkanes) is 4. The van der Waals surface area contributed by atoms with Crippen molar-refractivity contribution >= 4 is 17.0 Å². The van der Waals surface area contributed by atoms with E-state index in [1.807, 2.05) is 18.2 Å². The zero-order valence-corrected chi connectivity index (χ0v) is 19.7. The van der Waals surface area contributed by atoms with Crippen molar-refractivity contribution in [1.82, 2.24) is 35.1 Å². The number of H-pyrrole nitrogens is 1. The molecular formula is C25H31N7O2. The Morgan fingerprint density at radius 1 is 1.03 bits per heavy atom. The van der Waals surface area contributed by atoms with Gasteiger partial charge in [0.15, 0.2) is 0 Å². The monoisotopic (exact) mass is 461 g/mol. The van der Waals surface area contributed by atoms with Gasteiger partial charge < -0.3 is 14.6 Å². The summed E-state index contributed by atoms with van der Waals surface area (Å²) in [5.41, 5.74) is 5.12. The first kappa shape index (κ1) is 23.6. The van der Waals surface area contributed by atoms with Crippen molar-refractivity contribution in [3.63, 3.8) is 0 Å². The Hall–Kier alpha value is -3.59. The van der Waals surface area contributed by atoms with E-state index in [9.17, 15) is 4.79 Å². The molecule has 4 rings (SSSR count). The number of imidazole rings is 1. The molecule has 0 bridgehead atoms. The first-order valence-corrected chi connectivity index (χ1v) is 11.7. The Bertz CT molecular complexity index is 1230. The molecule has 0 saturated carbocycles. The van der Waals surface area contributed by atoms with E-state index in [4.69, 9.17) is 10.1 Å². The molecule has 0 atom stereocenters. The molecule has 4 aromatic rings. The molecule has 0 spiro atoms. The van der Waals surface area contributed by atoms with Crippen LogP contribution in [0.15, 0.2) is 42.5 Å². The fourth-order valence-electron chi connectivity index (χ4n) is 4.28. The van der Waals surface area contributed by atoms with Gasteiger partial charge >= 0.3 is 5.97 Å². The molecule has 0 amide bonds. The van der Waals surface area contributed by atoms with E-state index in [-0.39, 0.29) is 6.42 Å². The highest BCUT2D eigenvalue weighted by Gasteiger charge is 2.15. The van der Waals surface area contributed by atoms with E-state index >= 15 is 0 Å². The van der Waals surface area contributed by atoms with Crippen LogP contribution in [0, 0.1) is 0 Å². The topological polar surface area (TPSA) is 113 Å². The molecule has 0 radical (unpaired) electrons. The zero-order valence-electron chi connectivity index (χ0n) is 19.7. The number of aromatic nitrogens is 6. The third-order valence-electron chi connectivity index (χ3n) is 5.88. The second kappa shape index (κ2) is 11.0. The minimum absolute atomic E-state index is 0.261. The number of tetrazole rings is 1. The highest BCUT2D eigenvalue weighted by atomic mass is 16.4. The van der Waals surface area contributed by atoms with Crippen LogP contribution in [0.25, 0.3) is 33.5 Å². The molecule has 9 nitrogen and oxygen atoms in total. The van der Waals surface area contributed by atoms with Crippen LogP contribution in [-0.4, -0.2) is 60.2 Å². The molecule has 0 saturated heterocycles. The van der Waals surface area contributed by atoms with E-state index in [1.54, 1.807) is 0 Å². The Morgan fingerprint density at radius 3 is 2.53 bits per heavy atom. The van der Waals surface area contributed by atoms with Gasteiger partial charge in [0.25, 0.3) is 0 Å². The molecule has 0 aliphatic heterocycles. The summed E-state index contributed by atoms with van der Waals surface area (Å²) in [6, 6.07) is 14.5. The van der Waals surface area contributed by atoms with Crippen molar-refractivity contribution in [2.75, 3.05) is 14.1 Å². The predicted octanol–water partition coefficient (Wildman–Crippen LogP) is 4.37. The number of carbonyl (C=O) groups is 1. The normalized spacial score (nSPS) is 11.5. The zero-order chi connectivity index (χ0) is 23.9. The summed E-state index contributed by atoms with van der Waals surface area (Å²) in [5, 5.41) is 23.3. The fraction of sp³-hybridized carbons (Fsp3) is 0.400. The van der Waals surface area contributed by atoms with E-state index in [2.05, 4.69) is 68.5 Å². The Kier molecular flexibility index (Phi) is 7.64. The van der Waals surface area contributed by atoms with Gasteiger partial charge in [0.2, 0.25) is 5.82 Å². The minimum Gasteiger partial charge on any atom is -0.481 e. The van der Waals surface area contributed by atoms with Gasteiger partial charge in [0.05, 0.1) is 17.6 Å². The van der Waals surface area contributed by atoms with Crippen LogP contribution in [0.2, 0.25) is 0 Å². The molecule has 9 heteroatoms. The van der Waals surface area contributed by atoms with Crippen LogP contribution >= 0.6 is 0 Å². The average molecular weight is 462 g/mol. The summed E-state index contributed by atoms with van der Waals surface area (Å²) in [6.07, 6.45) is 5.16. The number of fused-ring (bicyclic) bond motifs is 1. The van der Waals surface area contributed by atoms with Crippen LogP contribution in [0.5, 0.6) is 0 Å². The van der Waals surface area contributed by atoms with E-state index < -0.39 is 5.97 Å². The van der Waals surface area contributed by atoms with Gasteiger partial charge in [-0.3, -0.25) is 4.79 Å². The molecule has 2 aromatic heterocycles. The molecule has 2 aromatic carbocycles. The molecule has 178 valence electrons. The second-order valence-electron chi connectivity index (χ2n) is 8.81. The summed E-state index contributed by atoms with van der Waals surface area (Å²) in [4.78, 5) is 17.8. The number of aryl methyl sites for hydroxylation is 1. The number of aromatic amines is 1. The van der Waals surface area contributed by atoms with Crippen molar-refractivity contribution < 1.29 is 9.90 Å². The number of hydrogen-bond donors (Lipinski definition) is 2. The number of hydrogen-bond acceptors (Lipinski definition) is 6. The number of carboxylic acids is 1. The van der Waals surface area contributed by atoms with Gasteiger partial charge in [0, 0.05) is 18.5 Å². The number of nitrogens with zero attached hydrogens (tertiary/aromatic N) is 6. The lowest BCUT2D eigenvalue weighted by Gasteiger charge is -2.13. The molecule has 0 fully saturated rings. The molecule has 0 aliphatic rings. The lowest BCUT2D eigenvalue weighted by Crippen LogP contribution is -2.15. The van der Waals surface area contributed by atoms with Crippen molar-refractivity contribution in [3.05, 3.63) is 48.3 Å². The lowest BCUT2D eigenvalue weighted by molar-refractivity contribution is -0.137. The minimum atomic E-state index is -0.711. The number of aliphatic carboxylic acids is 1. The predicted molar refractivity (Wildman–Crippen MR) is 131 cm³/mol. The quantitative estimate of drug-likeness (QED) is 0.301. The maximum absolute atomic E-state index is 10.7. The maximum atomic E-state index is 10.7. The van der Waals surface area contributed by atoms with Crippen LogP contribution in [0.3, 0.4) is 0 Å². The number of nitrogens with one attached hydrogen (secondary N) is 1. The van der Waals surface area contributed by atoms with Crippen LogP contribution in [-0.2, 0) is 17.9 Å². The molecule has 0 unspecified atom stereocenters. The summed E-state index contributed by atoms with van der Waals surface area (Å²) in [6.45, 7) is 1.67. The third kappa shape index (κ3) is 5.66. The fourth-order valence-corrected chi connectivity index (χ4v) is 4.28. The van der Waals surface area contributed by atoms with Crippen LogP contribution in [0.1, 0.15) is 44.3 Å². The van der Waals surface area contributed by atoms with Crippen molar-refractivity contribution in [1.29, 1.82) is 0 Å². The summed E-state index contributed by atoms with van der Waals surface area (Å²) in [5.74, 6) is 0.907. The SMILES string of the molecule is CN(C)Cc1nc2cc(-c3ccccc3-c3nn[nH]n3)ccc2n1CCCCCCCC(=O)O. The van der Waals surface area contributed by atoms with Gasteiger partial charge in [-0.1, -0.05) is 49.6 Å². The molecule has 0 aliphatic carbocycles. The maximum Gasteiger partial charge on any atom is 0.303 e. The second-order valence-corrected chi connectivity index (χ2v) is 8.81. The van der Waals surface area contributed by atoms with Crippen LogP contribution < -0.4 is 0 Å². The van der Waals surface area contributed by atoms with Crippen molar-refractivity contribution in [2.45, 2.75) is 51.6 Å². The first-order valence-electron chi connectivity index (χ1n) is 11.7. The Labute approximate surface area is 198 Å². The van der Waals surface area contributed by atoms with Gasteiger partial charge in [-0.2, -0.15) is 5.21 Å². The third-order valence-corrected chi connectivity index (χ3v) is 5.88. The molecule has 2 N–H and O–H groups in total. The number of benzene rings is 2. The van der Waals surface area contributed by atoms with E-state index in [0.29, 0.717) is 5.82 Å². The van der Waals surface area contributed by atoms with Crippen molar-refractivity contribution in [2.24, 2.45) is 0 Å². The summed E-state index contributed by atoms with van der Waals surface area (Å²) >= 11 is 0. The number of rotatable bonds is 12. The van der Waals surface area contributed by atoms with Gasteiger partial charge in [-0.15, -0.1) is 10.2 Å². The first-order chi connectivity index (χ1) is 16.5. The smallest absolute Gasteiger partial charge is 0.303 e.